The van der Waals surface area contributed by atoms with Crippen molar-refractivity contribution in [3.63, 3.8) is 0 Å². The van der Waals surface area contributed by atoms with Crippen molar-refractivity contribution in [1.82, 2.24) is 4.98 Å². The van der Waals surface area contributed by atoms with Gasteiger partial charge < -0.3 is 19.5 Å². The summed E-state index contributed by atoms with van der Waals surface area (Å²) in [5.74, 6) is 0.810. The number of ether oxygens (including phenoxy) is 3. The van der Waals surface area contributed by atoms with Gasteiger partial charge in [0.05, 0.1) is 7.11 Å². The number of nitrogens with zero attached hydrogens (tertiary/aromatic N) is 2. The molecule has 0 fully saturated rings. The number of aromatic nitrogens is 1. The molecule has 10 heteroatoms. The van der Waals surface area contributed by atoms with Crippen LogP contribution in [0.1, 0.15) is 57.6 Å². The summed E-state index contributed by atoms with van der Waals surface area (Å²) in [7, 11) is 1.61. The Labute approximate surface area is 276 Å². The van der Waals surface area contributed by atoms with Gasteiger partial charge in [0, 0.05) is 35.6 Å². The molecule has 1 aromatic heterocycles. The average Bonchev–Trinajstić information content (AvgIpc) is 3.00. The van der Waals surface area contributed by atoms with Crippen molar-refractivity contribution >= 4 is 35.3 Å². The second kappa shape index (κ2) is 14.8. The maximum Gasteiger partial charge on any atom is 0.414 e. The Morgan fingerprint density at radius 1 is 0.745 bits per heavy atom. The second-order valence-corrected chi connectivity index (χ2v) is 12.8. The van der Waals surface area contributed by atoms with Crippen LogP contribution in [0, 0.1) is 0 Å². The second-order valence-electron chi connectivity index (χ2n) is 12.8. The molecule has 246 valence electrons. The van der Waals surface area contributed by atoms with Crippen molar-refractivity contribution in [1.29, 1.82) is 0 Å². The van der Waals surface area contributed by atoms with E-state index in [1.807, 2.05) is 48.5 Å². The molecular formula is C37H42N4O6. The number of pyridine rings is 1. The van der Waals surface area contributed by atoms with Crippen molar-refractivity contribution in [2.45, 2.75) is 59.2 Å². The van der Waals surface area contributed by atoms with Gasteiger partial charge in [-0.3, -0.25) is 15.0 Å². The number of benzene rings is 3. The third-order valence-corrected chi connectivity index (χ3v) is 6.65. The highest BCUT2D eigenvalue weighted by atomic mass is 16.6. The van der Waals surface area contributed by atoms with Gasteiger partial charge in [-0.25, -0.2) is 14.6 Å². The molecule has 0 radical (unpaired) electrons. The monoisotopic (exact) mass is 638 g/mol. The quantitative estimate of drug-likeness (QED) is 0.189. The van der Waals surface area contributed by atoms with E-state index in [-0.39, 0.29) is 12.5 Å². The Morgan fingerprint density at radius 3 is 2.04 bits per heavy atom. The normalized spacial score (nSPS) is 11.3. The fourth-order valence-corrected chi connectivity index (χ4v) is 4.59. The summed E-state index contributed by atoms with van der Waals surface area (Å²) in [5.41, 5.74) is 2.65. The average molecular weight is 639 g/mol. The number of hydrogen-bond acceptors (Lipinski definition) is 7. The van der Waals surface area contributed by atoms with Gasteiger partial charge in [-0.1, -0.05) is 36.4 Å². The first kappa shape index (κ1) is 34.5. The lowest BCUT2D eigenvalue weighted by Crippen LogP contribution is -2.38. The van der Waals surface area contributed by atoms with Crippen LogP contribution in [0.15, 0.2) is 91.0 Å². The number of carbonyl (C=O) groups is 3. The van der Waals surface area contributed by atoms with E-state index in [9.17, 15) is 14.4 Å². The lowest BCUT2D eigenvalue weighted by molar-refractivity contribution is 0.0578. The summed E-state index contributed by atoms with van der Waals surface area (Å²) >= 11 is 0. The van der Waals surface area contributed by atoms with E-state index in [4.69, 9.17) is 14.2 Å². The molecule has 0 spiro atoms. The van der Waals surface area contributed by atoms with E-state index in [0.717, 1.165) is 16.9 Å². The fraction of sp³-hybridized carbons (Fsp3) is 0.297. The molecule has 3 amide bonds. The van der Waals surface area contributed by atoms with E-state index in [1.54, 1.807) is 91.1 Å². The molecule has 0 bridgehead atoms. The number of methoxy groups -OCH3 is 1. The third kappa shape index (κ3) is 10.3. The van der Waals surface area contributed by atoms with E-state index in [2.05, 4.69) is 15.6 Å². The Morgan fingerprint density at radius 2 is 1.40 bits per heavy atom. The first-order chi connectivity index (χ1) is 22.2. The lowest BCUT2D eigenvalue weighted by atomic mass is 9.99. The van der Waals surface area contributed by atoms with Crippen LogP contribution in [0.4, 0.5) is 26.8 Å². The zero-order valence-corrected chi connectivity index (χ0v) is 27.9. The summed E-state index contributed by atoms with van der Waals surface area (Å²) in [4.78, 5) is 44.9. The summed E-state index contributed by atoms with van der Waals surface area (Å²) in [6.07, 6.45) is -0.747. The van der Waals surface area contributed by atoms with Gasteiger partial charge in [0.2, 0.25) is 0 Å². The Hall–Kier alpha value is -5.38. The zero-order valence-electron chi connectivity index (χ0n) is 27.9. The van der Waals surface area contributed by atoms with Crippen LogP contribution < -0.4 is 20.3 Å². The standard InChI is InChI=1S/C37H42N4O6/c1-36(2,3)46-34(43)40-32-14-10-11-26(38-32)23-24-41(35(44)47-37(4,5)6)28-19-17-27(18-20-28)39-33(42)31-13-9-8-12-30(31)25-15-21-29(45-7)22-16-25/h8-22H,23-24H2,1-7H3,(H,39,42)(H,38,40,43). The van der Waals surface area contributed by atoms with Gasteiger partial charge in [0.25, 0.3) is 5.91 Å². The van der Waals surface area contributed by atoms with Crippen LogP contribution in [-0.2, 0) is 15.9 Å². The van der Waals surface area contributed by atoms with Crippen LogP contribution in [0.5, 0.6) is 5.75 Å². The van der Waals surface area contributed by atoms with Crippen LogP contribution in [0.25, 0.3) is 11.1 Å². The molecule has 2 N–H and O–H groups in total. The van der Waals surface area contributed by atoms with Gasteiger partial charge in [0.15, 0.2) is 0 Å². The number of nitrogens with one attached hydrogen (secondary N) is 2. The molecule has 3 aromatic carbocycles. The number of amides is 3. The molecule has 10 nitrogen and oxygen atoms in total. The molecule has 4 aromatic rings. The number of rotatable bonds is 9. The highest BCUT2D eigenvalue weighted by molar-refractivity contribution is 6.08. The molecule has 4 rings (SSSR count). The molecule has 0 saturated heterocycles. The van der Waals surface area contributed by atoms with Crippen molar-refractivity contribution in [2.24, 2.45) is 0 Å². The first-order valence-electron chi connectivity index (χ1n) is 15.3. The molecule has 47 heavy (non-hydrogen) atoms. The van der Waals surface area contributed by atoms with Gasteiger partial charge in [-0.05, 0) is 107 Å². The largest absolute Gasteiger partial charge is 0.497 e. The fourth-order valence-electron chi connectivity index (χ4n) is 4.59. The minimum Gasteiger partial charge on any atom is -0.497 e. The minimum absolute atomic E-state index is 0.249. The summed E-state index contributed by atoms with van der Waals surface area (Å²) < 4.78 is 16.3. The number of hydrogen-bond donors (Lipinski definition) is 2. The predicted octanol–water partition coefficient (Wildman–Crippen LogP) is 8.34. The van der Waals surface area contributed by atoms with Gasteiger partial charge >= 0.3 is 12.2 Å². The maximum atomic E-state index is 13.4. The molecule has 0 aliphatic rings. The van der Waals surface area contributed by atoms with Crippen LogP contribution >= 0.6 is 0 Å². The lowest BCUT2D eigenvalue weighted by Gasteiger charge is -2.27. The number of carbonyl (C=O) groups excluding carboxylic acids is 3. The highest BCUT2D eigenvalue weighted by Gasteiger charge is 2.24. The van der Waals surface area contributed by atoms with Crippen molar-refractivity contribution in [3.8, 4) is 16.9 Å². The van der Waals surface area contributed by atoms with Crippen LogP contribution in [0.3, 0.4) is 0 Å². The Kier molecular flexibility index (Phi) is 10.9. The highest BCUT2D eigenvalue weighted by Crippen LogP contribution is 2.27. The minimum atomic E-state index is -0.712. The third-order valence-electron chi connectivity index (χ3n) is 6.65. The summed E-state index contributed by atoms with van der Waals surface area (Å²) in [6.45, 7) is 11.0. The molecule has 0 unspecified atom stereocenters. The van der Waals surface area contributed by atoms with Crippen molar-refractivity contribution in [3.05, 3.63) is 102 Å². The van der Waals surface area contributed by atoms with Gasteiger partial charge in [0.1, 0.15) is 22.8 Å². The molecule has 1 heterocycles. The molecule has 0 aliphatic carbocycles. The van der Waals surface area contributed by atoms with Gasteiger partial charge in [-0.15, -0.1) is 0 Å². The van der Waals surface area contributed by atoms with E-state index in [0.29, 0.717) is 34.9 Å². The summed E-state index contributed by atoms with van der Waals surface area (Å²) in [6, 6.07) is 27.2. The zero-order chi connectivity index (χ0) is 34.2. The Bertz CT molecular complexity index is 1690. The number of anilines is 3. The van der Waals surface area contributed by atoms with E-state index in [1.165, 1.54) is 4.90 Å². The molecular weight excluding hydrogens is 596 g/mol. The molecule has 0 atom stereocenters. The maximum absolute atomic E-state index is 13.4. The topological polar surface area (TPSA) is 119 Å². The van der Waals surface area contributed by atoms with Crippen molar-refractivity contribution < 1.29 is 28.6 Å². The van der Waals surface area contributed by atoms with Crippen molar-refractivity contribution in [2.75, 3.05) is 29.2 Å². The molecule has 0 aliphatic heterocycles. The smallest absolute Gasteiger partial charge is 0.414 e. The van der Waals surface area contributed by atoms with Crippen LogP contribution in [-0.4, -0.2) is 47.9 Å². The molecule has 0 saturated carbocycles. The van der Waals surface area contributed by atoms with Crippen LogP contribution in [0.2, 0.25) is 0 Å². The SMILES string of the molecule is COc1ccc(-c2ccccc2C(=O)Nc2ccc(N(CCc3cccc(NC(=O)OC(C)(C)C)n3)C(=O)OC(C)(C)C)cc2)cc1. The van der Waals surface area contributed by atoms with E-state index >= 15 is 0 Å². The summed E-state index contributed by atoms with van der Waals surface area (Å²) in [5, 5.41) is 5.61. The first-order valence-corrected chi connectivity index (χ1v) is 15.3. The van der Waals surface area contributed by atoms with E-state index < -0.39 is 23.4 Å². The Balaban J connectivity index is 1.49. The predicted molar refractivity (Wildman–Crippen MR) is 184 cm³/mol. The van der Waals surface area contributed by atoms with Gasteiger partial charge in [-0.2, -0.15) is 0 Å².